The second-order valence-electron chi connectivity index (χ2n) is 4.06. The highest BCUT2D eigenvalue weighted by Gasteiger charge is 2.28. The van der Waals surface area contributed by atoms with Crippen LogP contribution in [0, 0.1) is 6.92 Å². The number of anilines is 1. The zero-order valence-corrected chi connectivity index (χ0v) is 10.6. The summed E-state index contributed by atoms with van der Waals surface area (Å²) in [5, 5.41) is 0. The van der Waals surface area contributed by atoms with Crippen LogP contribution in [0.15, 0.2) is 23.1 Å². The van der Waals surface area contributed by atoms with Crippen molar-refractivity contribution in [3.05, 3.63) is 23.8 Å². The molecule has 3 nitrogen and oxygen atoms in total. The van der Waals surface area contributed by atoms with Crippen LogP contribution in [0.1, 0.15) is 18.4 Å². The molecule has 0 aliphatic carbocycles. The Kier molecular flexibility index (Phi) is 4.26. The standard InChI is InChI=1S/C11H14F3NO2S/c1-8-7-9(15)3-4-10(8)18(16,17)6-2-5-11(12,13)14/h3-4,7H,2,5-6,15H2,1H3. The average molecular weight is 281 g/mol. The van der Waals surface area contributed by atoms with E-state index in [2.05, 4.69) is 0 Å². The molecule has 0 aromatic heterocycles. The lowest BCUT2D eigenvalue weighted by Crippen LogP contribution is -2.13. The highest BCUT2D eigenvalue weighted by molar-refractivity contribution is 7.91. The maximum atomic E-state index is 12.0. The third-order valence-corrected chi connectivity index (χ3v) is 4.36. The van der Waals surface area contributed by atoms with Gasteiger partial charge >= 0.3 is 6.18 Å². The van der Waals surface area contributed by atoms with Crippen LogP contribution >= 0.6 is 0 Å². The molecule has 1 rings (SSSR count). The van der Waals surface area contributed by atoms with E-state index in [4.69, 9.17) is 5.73 Å². The van der Waals surface area contributed by atoms with Gasteiger partial charge in [0.05, 0.1) is 10.6 Å². The SMILES string of the molecule is Cc1cc(N)ccc1S(=O)(=O)CCCC(F)(F)F. The molecule has 0 heterocycles. The summed E-state index contributed by atoms with van der Waals surface area (Å²) in [5.74, 6) is -0.517. The largest absolute Gasteiger partial charge is 0.399 e. The summed E-state index contributed by atoms with van der Waals surface area (Å²) < 4.78 is 59.5. The van der Waals surface area contributed by atoms with Gasteiger partial charge in [0, 0.05) is 12.1 Å². The molecule has 1 aromatic carbocycles. The van der Waals surface area contributed by atoms with Crippen LogP contribution in [0.5, 0.6) is 0 Å². The molecule has 0 saturated heterocycles. The minimum atomic E-state index is -4.33. The Morgan fingerprint density at radius 3 is 2.39 bits per heavy atom. The maximum Gasteiger partial charge on any atom is 0.389 e. The lowest BCUT2D eigenvalue weighted by Gasteiger charge is -2.09. The van der Waals surface area contributed by atoms with Gasteiger partial charge < -0.3 is 5.73 Å². The molecule has 0 bridgehead atoms. The van der Waals surface area contributed by atoms with Crippen molar-refractivity contribution in [2.75, 3.05) is 11.5 Å². The maximum absolute atomic E-state index is 12.0. The number of benzene rings is 1. The number of hydrogen-bond acceptors (Lipinski definition) is 3. The van der Waals surface area contributed by atoms with E-state index in [9.17, 15) is 21.6 Å². The first-order valence-electron chi connectivity index (χ1n) is 5.27. The van der Waals surface area contributed by atoms with E-state index in [0.29, 0.717) is 11.3 Å². The van der Waals surface area contributed by atoms with E-state index in [1.165, 1.54) is 18.2 Å². The summed E-state index contributed by atoms with van der Waals surface area (Å²) in [5.41, 5.74) is 6.35. The fourth-order valence-corrected chi connectivity index (χ4v) is 3.16. The Bertz CT molecular complexity index is 524. The van der Waals surface area contributed by atoms with E-state index < -0.39 is 34.6 Å². The van der Waals surface area contributed by atoms with Crippen molar-refractivity contribution < 1.29 is 21.6 Å². The molecule has 0 amide bonds. The van der Waals surface area contributed by atoms with E-state index >= 15 is 0 Å². The van der Waals surface area contributed by atoms with Crippen molar-refractivity contribution in [2.24, 2.45) is 0 Å². The number of rotatable bonds is 4. The molecular formula is C11H14F3NO2S. The van der Waals surface area contributed by atoms with Crippen LogP contribution in [0.3, 0.4) is 0 Å². The van der Waals surface area contributed by atoms with Crippen molar-refractivity contribution in [1.29, 1.82) is 0 Å². The van der Waals surface area contributed by atoms with Gasteiger partial charge in [0.2, 0.25) is 0 Å². The van der Waals surface area contributed by atoms with E-state index in [1.807, 2.05) is 0 Å². The molecule has 7 heteroatoms. The van der Waals surface area contributed by atoms with Gasteiger partial charge in [-0.1, -0.05) is 0 Å². The quantitative estimate of drug-likeness (QED) is 0.863. The van der Waals surface area contributed by atoms with Gasteiger partial charge in [0.25, 0.3) is 0 Å². The molecule has 0 unspecified atom stereocenters. The Morgan fingerprint density at radius 2 is 1.89 bits per heavy atom. The first-order chi connectivity index (χ1) is 8.12. The fraction of sp³-hybridized carbons (Fsp3) is 0.455. The topological polar surface area (TPSA) is 60.2 Å². The van der Waals surface area contributed by atoms with Gasteiger partial charge in [-0.25, -0.2) is 8.42 Å². The molecule has 0 fully saturated rings. The Morgan fingerprint density at radius 1 is 1.28 bits per heavy atom. The fourth-order valence-electron chi connectivity index (χ4n) is 1.59. The lowest BCUT2D eigenvalue weighted by molar-refractivity contribution is -0.134. The van der Waals surface area contributed by atoms with Gasteiger partial charge in [-0.3, -0.25) is 0 Å². The zero-order valence-electron chi connectivity index (χ0n) is 9.79. The minimum Gasteiger partial charge on any atom is -0.399 e. The smallest absolute Gasteiger partial charge is 0.389 e. The van der Waals surface area contributed by atoms with Crippen molar-refractivity contribution in [3.8, 4) is 0 Å². The van der Waals surface area contributed by atoms with Gasteiger partial charge in [-0.15, -0.1) is 0 Å². The van der Waals surface area contributed by atoms with E-state index in [0.717, 1.165) is 0 Å². The summed E-state index contributed by atoms with van der Waals surface area (Å²) in [4.78, 5) is 0.0406. The molecule has 0 saturated carbocycles. The second-order valence-corrected chi connectivity index (χ2v) is 6.14. The zero-order chi connectivity index (χ0) is 14.0. The van der Waals surface area contributed by atoms with Gasteiger partial charge in [-0.2, -0.15) is 13.2 Å². The first-order valence-corrected chi connectivity index (χ1v) is 6.93. The Labute approximate surface area is 104 Å². The normalized spacial score (nSPS) is 12.7. The third-order valence-electron chi connectivity index (χ3n) is 2.41. The van der Waals surface area contributed by atoms with E-state index in [1.54, 1.807) is 6.92 Å². The third kappa shape index (κ3) is 4.21. The minimum absolute atomic E-state index is 0.0406. The number of sulfone groups is 1. The second kappa shape index (κ2) is 5.17. The van der Waals surface area contributed by atoms with Crippen molar-refractivity contribution >= 4 is 15.5 Å². The summed E-state index contributed by atoms with van der Waals surface area (Å²) in [6.07, 6.45) is -5.86. The van der Waals surface area contributed by atoms with Crippen LogP contribution in [0.2, 0.25) is 0 Å². The first kappa shape index (κ1) is 14.8. The molecule has 0 aliphatic rings. The number of halogens is 3. The van der Waals surface area contributed by atoms with Crippen molar-refractivity contribution in [2.45, 2.75) is 30.8 Å². The van der Waals surface area contributed by atoms with Crippen LogP contribution in [-0.4, -0.2) is 20.3 Å². The molecule has 0 spiro atoms. The number of nitrogen functional groups attached to an aromatic ring is 1. The van der Waals surface area contributed by atoms with Gasteiger partial charge in [-0.05, 0) is 37.1 Å². The Hall–Kier alpha value is -1.24. The summed E-state index contributed by atoms with van der Waals surface area (Å²) in [7, 11) is -3.69. The molecule has 1 aromatic rings. The summed E-state index contributed by atoms with van der Waals surface area (Å²) >= 11 is 0. The van der Waals surface area contributed by atoms with Crippen LogP contribution in [0.25, 0.3) is 0 Å². The van der Waals surface area contributed by atoms with Crippen molar-refractivity contribution in [3.63, 3.8) is 0 Å². The molecule has 18 heavy (non-hydrogen) atoms. The molecule has 102 valence electrons. The van der Waals surface area contributed by atoms with Gasteiger partial charge in [0.1, 0.15) is 0 Å². The molecule has 0 radical (unpaired) electrons. The highest BCUT2D eigenvalue weighted by atomic mass is 32.2. The number of aryl methyl sites for hydroxylation is 1. The summed E-state index contributed by atoms with van der Waals surface area (Å²) in [6.45, 7) is 1.56. The predicted molar refractivity (Wildman–Crippen MR) is 62.9 cm³/mol. The molecule has 2 N–H and O–H groups in total. The Balaban J connectivity index is 2.81. The van der Waals surface area contributed by atoms with E-state index in [-0.39, 0.29) is 4.90 Å². The van der Waals surface area contributed by atoms with Crippen LogP contribution < -0.4 is 5.73 Å². The van der Waals surface area contributed by atoms with Crippen molar-refractivity contribution in [1.82, 2.24) is 0 Å². The van der Waals surface area contributed by atoms with Crippen LogP contribution in [-0.2, 0) is 9.84 Å². The number of hydrogen-bond donors (Lipinski definition) is 1. The van der Waals surface area contributed by atoms with Gasteiger partial charge in [0.15, 0.2) is 9.84 Å². The molecule has 0 atom stereocenters. The predicted octanol–water partition coefficient (Wildman–Crippen LogP) is 2.69. The molecular weight excluding hydrogens is 267 g/mol. The summed E-state index contributed by atoms with van der Waals surface area (Å²) in [6, 6.07) is 4.23. The monoisotopic (exact) mass is 281 g/mol. The lowest BCUT2D eigenvalue weighted by atomic mass is 10.2. The van der Waals surface area contributed by atoms with Crippen LogP contribution in [0.4, 0.5) is 18.9 Å². The molecule has 0 aliphatic heterocycles. The number of nitrogens with two attached hydrogens (primary N) is 1. The highest BCUT2D eigenvalue weighted by Crippen LogP contribution is 2.24. The average Bonchev–Trinajstić information content (AvgIpc) is 2.13. The number of alkyl halides is 3.